The molecule has 3 N–H and O–H groups in total. The number of hydrogen-bond acceptors (Lipinski definition) is 3. The Bertz CT molecular complexity index is 93.6. The van der Waals surface area contributed by atoms with Crippen molar-refractivity contribution in [3.63, 3.8) is 0 Å². The third-order valence-electron chi connectivity index (χ3n) is 1.72. The smallest absolute Gasteiger partial charge is 0.0894 e. The molecule has 0 spiro atoms. The second-order valence-corrected chi connectivity index (χ2v) is 2.94. The highest BCUT2D eigenvalue weighted by molar-refractivity contribution is 4.75. The largest absolute Gasteiger partial charge is 0.394 e. The molecular formula is C7H15NO2. The molecule has 3 heteroatoms. The van der Waals surface area contributed by atoms with Gasteiger partial charge in [-0.2, -0.15) is 0 Å². The van der Waals surface area contributed by atoms with Crippen molar-refractivity contribution in [1.82, 2.24) is 5.32 Å². The minimum absolute atomic E-state index is 0.141. The van der Waals surface area contributed by atoms with Gasteiger partial charge in [-0.05, 0) is 25.3 Å². The Kier molecular flexibility index (Phi) is 3.12. The summed E-state index contributed by atoms with van der Waals surface area (Å²) in [5, 5.41) is 20.4. The zero-order valence-corrected chi connectivity index (χ0v) is 6.08. The first-order chi connectivity index (χ1) is 4.83. The van der Waals surface area contributed by atoms with Crippen LogP contribution in [0.3, 0.4) is 0 Å². The lowest BCUT2D eigenvalue weighted by molar-refractivity contribution is 0.0943. The SMILES string of the molecule is OCC(O)CNCC1CC1. The fourth-order valence-electron chi connectivity index (χ4n) is 0.841. The Morgan fingerprint density at radius 1 is 1.50 bits per heavy atom. The van der Waals surface area contributed by atoms with Crippen molar-refractivity contribution in [2.75, 3.05) is 19.7 Å². The van der Waals surface area contributed by atoms with Gasteiger partial charge in [0.15, 0.2) is 0 Å². The highest BCUT2D eigenvalue weighted by Gasteiger charge is 2.20. The van der Waals surface area contributed by atoms with E-state index in [0.29, 0.717) is 6.54 Å². The van der Waals surface area contributed by atoms with Crippen molar-refractivity contribution in [2.24, 2.45) is 5.92 Å². The van der Waals surface area contributed by atoms with E-state index in [9.17, 15) is 0 Å². The van der Waals surface area contributed by atoms with Gasteiger partial charge in [0.25, 0.3) is 0 Å². The van der Waals surface area contributed by atoms with Gasteiger partial charge in [-0.3, -0.25) is 0 Å². The molecule has 1 aliphatic carbocycles. The first-order valence-electron chi connectivity index (χ1n) is 3.82. The van der Waals surface area contributed by atoms with Crippen molar-refractivity contribution in [2.45, 2.75) is 18.9 Å². The van der Waals surface area contributed by atoms with Gasteiger partial charge in [-0.15, -0.1) is 0 Å². The molecular weight excluding hydrogens is 130 g/mol. The highest BCUT2D eigenvalue weighted by Crippen LogP contribution is 2.27. The van der Waals surface area contributed by atoms with E-state index in [4.69, 9.17) is 10.2 Å². The van der Waals surface area contributed by atoms with Crippen LogP contribution in [-0.4, -0.2) is 36.0 Å². The van der Waals surface area contributed by atoms with Gasteiger partial charge >= 0.3 is 0 Å². The van der Waals surface area contributed by atoms with Gasteiger partial charge in [0.05, 0.1) is 12.7 Å². The molecule has 1 aliphatic rings. The van der Waals surface area contributed by atoms with E-state index in [1.807, 2.05) is 0 Å². The average molecular weight is 145 g/mol. The van der Waals surface area contributed by atoms with E-state index in [0.717, 1.165) is 12.5 Å². The van der Waals surface area contributed by atoms with Crippen LogP contribution in [0.4, 0.5) is 0 Å². The molecule has 0 aromatic carbocycles. The Hall–Kier alpha value is -0.120. The first kappa shape index (κ1) is 7.98. The fourth-order valence-corrected chi connectivity index (χ4v) is 0.841. The van der Waals surface area contributed by atoms with Gasteiger partial charge in [0.2, 0.25) is 0 Å². The molecule has 1 rings (SSSR count). The summed E-state index contributed by atoms with van der Waals surface area (Å²) in [5.74, 6) is 0.839. The quantitative estimate of drug-likeness (QED) is 0.481. The molecule has 60 valence electrons. The minimum atomic E-state index is -0.584. The molecule has 1 fully saturated rings. The molecule has 0 amide bonds. The van der Waals surface area contributed by atoms with Crippen LogP contribution in [0.1, 0.15) is 12.8 Å². The summed E-state index contributed by atoms with van der Waals surface area (Å²) >= 11 is 0. The molecule has 1 unspecified atom stereocenters. The average Bonchev–Trinajstić information content (AvgIpc) is 2.71. The van der Waals surface area contributed by atoms with Crippen LogP contribution in [0.15, 0.2) is 0 Å². The summed E-state index contributed by atoms with van der Waals surface area (Å²) in [4.78, 5) is 0. The van der Waals surface area contributed by atoms with E-state index in [2.05, 4.69) is 5.32 Å². The molecule has 0 aromatic rings. The minimum Gasteiger partial charge on any atom is -0.394 e. The van der Waals surface area contributed by atoms with Gasteiger partial charge in [0, 0.05) is 6.54 Å². The van der Waals surface area contributed by atoms with Gasteiger partial charge in [-0.25, -0.2) is 0 Å². The third-order valence-corrected chi connectivity index (χ3v) is 1.72. The van der Waals surface area contributed by atoms with E-state index >= 15 is 0 Å². The van der Waals surface area contributed by atoms with Crippen molar-refractivity contribution >= 4 is 0 Å². The Labute approximate surface area is 61.1 Å². The molecule has 1 atom stereocenters. The van der Waals surface area contributed by atoms with Crippen LogP contribution in [0.25, 0.3) is 0 Å². The van der Waals surface area contributed by atoms with Crippen molar-refractivity contribution < 1.29 is 10.2 Å². The maximum Gasteiger partial charge on any atom is 0.0894 e. The zero-order valence-electron chi connectivity index (χ0n) is 6.08. The predicted molar refractivity (Wildman–Crippen MR) is 38.7 cm³/mol. The monoisotopic (exact) mass is 145 g/mol. The van der Waals surface area contributed by atoms with Crippen molar-refractivity contribution in [1.29, 1.82) is 0 Å². The van der Waals surface area contributed by atoms with Gasteiger partial charge in [-0.1, -0.05) is 0 Å². The van der Waals surface area contributed by atoms with E-state index in [1.165, 1.54) is 12.8 Å². The number of aliphatic hydroxyl groups excluding tert-OH is 2. The maximum atomic E-state index is 8.88. The van der Waals surface area contributed by atoms with Crippen LogP contribution in [-0.2, 0) is 0 Å². The summed E-state index contributed by atoms with van der Waals surface area (Å²) in [7, 11) is 0. The summed E-state index contributed by atoms with van der Waals surface area (Å²) in [6.07, 6.45) is 2.06. The van der Waals surface area contributed by atoms with Crippen LogP contribution >= 0.6 is 0 Å². The lowest BCUT2D eigenvalue weighted by Crippen LogP contribution is -2.30. The van der Waals surface area contributed by atoms with Crippen LogP contribution < -0.4 is 5.32 Å². The molecule has 0 bridgehead atoms. The van der Waals surface area contributed by atoms with Crippen LogP contribution in [0.5, 0.6) is 0 Å². The topological polar surface area (TPSA) is 52.5 Å². The molecule has 0 radical (unpaired) electrons. The highest BCUT2D eigenvalue weighted by atomic mass is 16.3. The predicted octanol–water partition coefficient (Wildman–Crippen LogP) is -0.661. The normalized spacial score (nSPS) is 21.0. The zero-order chi connectivity index (χ0) is 7.40. The van der Waals surface area contributed by atoms with E-state index in [1.54, 1.807) is 0 Å². The molecule has 0 saturated heterocycles. The molecule has 1 saturated carbocycles. The third kappa shape index (κ3) is 3.15. The number of aliphatic hydroxyl groups is 2. The number of nitrogens with one attached hydrogen (secondary N) is 1. The summed E-state index contributed by atoms with van der Waals surface area (Å²) in [5.41, 5.74) is 0. The lowest BCUT2D eigenvalue weighted by atomic mass is 10.3. The molecule has 0 aromatic heterocycles. The molecule has 10 heavy (non-hydrogen) atoms. The molecule has 0 aliphatic heterocycles. The Balaban J connectivity index is 1.83. The molecule has 0 heterocycles. The van der Waals surface area contributed by atoms with Crippen molar-refractivity contribution in [3.05, 3.63) is 0 Å². The fraction of sp³-hybridized carbons (Fsp3) is 1.00. The van der Waals surface area contributed by atoms with Crippen LogP contribution in [0.2, 0.25) is 0 Å². The summed E-state index contributed by atoms with van der Waals surface area (Å²) in [6.45, 7) is 1.38. The van der Waals surface area contributed by atoms with Crippen molar-refractivity contribution in [3.8, 4) is 0 Å². The standard InChI is InChI=1S/C7H15NO2/c9-5-7(10)4-8-3-6-1-2-6/h6-10H,1-5H2. The van der Waals surface area contributed by atoms with Crippen LogP contribution in [0, 0.1) is 5.92 Å². The van der Waals surface area contributed by atoms with Gasteiger partial charge < -0.3 is 15.5 Å². The van der Waals surface area contributed by atoms with E-state index < -0.39 is 6.10 Å². The first-order valence-corrected chi connectivity index (χ1v) is 3.82. The summed E-state index contributed by atoms with van der Waals surface area (Å²) < 4.78 is 0. The number of hydrogen-bond donors (Lipinski definition) is 3. The van der Waals surface area contributed by atoms with Gasteiger partial charge in [0.1, 0.15) is 0 Å². The molecule has 3 nitrogen and oxygen atoms in total. The number of rotatable bonds is 5. The van der Waals surface area contributed by atoms with E-state index in [-0.39, 0.29) is 6.61 Å². The second-order valence-electron chi connectivity index (χ2n) is 2.94. The Morgan fingerprint density at radius 2 is 2.20 bits per heavy atom. The lowest BCUT2D eigenvalue weighted by Gasteiger charge is -2.07. The Morgan fingerprint density at radius 3 is 2.70 bits per heavy atom. The second kappa shape index (κ2) is 3.91. The maximum absolute atomic E-state index is 8.88. The summed E-state index contributed by atoms with van der Waals surface area (Å²) in [6, 6.07) is 0.